The summed E-state index contributed by atoms with van der Waals surface area (Å²) in [7, 11) is 0. The van der Waals surface area contributed by atoms with Crippen LogP contribution < -0.4 is 15.0 Å². The van der Waals surface area contributed by atoms with Crippen LogP contribution in [0, 0.1) is 0 Å². The van der Waals surface area contributed by atoms with Crippen molar-refractivity contribution in [2.24, 2.45) is 0 Å². The second-order valence-electron chi connectivity index (χ2n) is 7.38. The molecule has 2 aromatic heterocycles. The second kappa shape index (κ2) is 7.52. The van der Waals surface area contributed by atoms with E-state index in [-0.39, 0.29) is 12.2 Å². The molecule has 12 heteroatoms. The Bertz CT molecular complexity index is 1130. The van der Waals surface area contributed by atoms with E-state index in [0.29, 0.717) is 15.9 Å². The van der Waals surface area contributed by atoms with Crippen LogP contribution in [0.15, 0.2) is 47.3 Å². The number of fused-ring (bicyclic) bond motifs is 1. The topological polar surface area (TPSA) is 85.2 Å². The fraction of sp³-hybridized carbons (Fsp3) is 0.263. The van der Waals surface area contributed by atoms with E-state index in [9.17, 15) is 18.0 Å². The summed E-state index contributed by atoms with van der Waals surface area (Å²) in [5, 5.41) is 9.90. The van der Waals surface area contributed by atoms with Crippen molar-refractivity contribution in [2.45, 2.75) is 25.6 Å². The summed E-state index contributed by atoms with van der Waals surface area (Å²) in [4.78, 5) is 19.0. The van der Waals surface area contributed by atoms with Gasteiger partial charge in [-0.05, 0) is 48.0 Å². The van der Waals surface area contributed by atoms with Gasteiger partial charge in [0, 0.05) is 0 Å². The molecular formula is C19H16BrF3N6O2. The first kappa shape index (κ1) is 21.1. The molecule has 0 atom stereocenters. The molecule has 0 spiro atoms. The number of ether oxygens (including phenoxy) is 1. The van der Waals surface area contributed by atoms with Crippen LogP contribution in [0.1, 0.15) is 19.4 Å². The standard InChI is InChI=1S/C19H16BrF3N6O2/c1-18(2)10-28(14-5-3-4-13(20)15(14)31-18)17(30)27-11-8-12(19(21,22)23)16(24-9-11)29-25-6-7-26-29/h3-9H,10H2,1-2H3,(H,27,30). The normalized spacial score (nSPS) is 15.2. The number of amides is 2. The molecular weight excluding hydrogens is 481 g/mol. The van der Waals surface area contributed by atoms with Crippen molar-refractivity contribution in [3.8, 4) is 11.6 Å². The Hall–Kier alpha value is -3.15. The van der Waals surface area contributed by atoms with Crippen molar-refractivity contribution in [2.75, 3.05) is 16.8 Å². The van der Waals surface area contributed by atoms with Gasteiger partial charge in [0.2, 0.25) is 0 Å². The van der Waals surface area contributed by atoms with Crippen LogP contribution in [0.25, 0.3) is 5.82 Å². The Morgan fingerprint density at radius 3 is 2.65 bits per heavy atom. The number of aromatic nitrogens is 4. The van der Waals surface area contributed by atoms with E-state index in [0.717, 1.165) is 17.1 Å². The molecule has 3 aromatic rings. The van der Waals surface area contributed by atoms with Gasteiger partial charge < -0.3 is 10.1 Å². The maximum Gasteiger partial charge on any atom is 0.420 e. The summed E-state index contributed by atoms with van der Waals surface area (Å²) in [5.74, 6) is -0.0135. The molecule has 0 saturated carbocycles. The minimum Gasteiger partial charge on any atom is -0.483 e. The third-order valence-corrected chi connectivity index (χ3v) is 5.06. The molecule has 1 N–H and O–H groups in total. The highest BCUT2D eigenvalue weighted by Gasteiger charge is 2.38. The monoisotopic (exact) mass is 496 g/mol. The van der Waals surface area contributed by atoms with Crippen LogP contribution in [-0.4, -0.2) is 38.2 Å². The number of benzene rings is 1. The van der Waals surface area contributed by atoms with E-state index in [1.807, 2.05) is 13.8 Å². The highest BCUT2D eigenvalue weighted by Crippen LogP contribution is 2.42. The maximum absolute atomic E-state index is 13.6. The first-order valence-electron chi connectivity index (χ1n) is 9.05. The fourth-order valence-corrected chi connectivity index (χ4v) is 3.61. The maximum atomic E-state index is 13.6. The van der Waals surface area contributed by atoms with Crippen molar-refractivity contribution >= 4 is 33.3 Å². The third-order valence-electron chi connectivity index (χ3n) is 4.43. The van der Waals surface area contributed by atoms with Gasteiger partial charge in [0.15, 0.2) is 11.6 Å². The van der Waals surface area contributed by atoms with Gasteiger partial charge in [-0.15, -0.1) is 4.80 Å². The molecule has 3 heterocycles. The lowest BCUT2D eigenvalue weighted by atomic mass is 10.1. The van der Waals surface area contributed by atoms with Gasteiger partial charge in [-0.3, -0.25) is 4.90 Å². The zero-order valence-electron chi connectivity index (χ0n) is 16.3. The number of rotatable bonds is 2. The summed E-state index contributed by atoms with van der Waals surface area (Å²) in [6.45, 7) is 3.81. The number of carbonyl (C=O) groups excluding carboxylic acids is 1. The van der Waals surface area contributed by atoms with Crippen molar-refractivity contribution < 1.29 is 22.7 Å². The van der Waals surface area contributed by atoms with Gasteiger partial charge in [0.05, 0.1) is 41.0 Å². The molecule has 0 aliphatic carbocycles. The van der Waals surface area contributed by atoms with Gasteiger partial charge in [0.25, 0.3) is 0 Å². The van der Waals surface area contributed by atoms with E-state index >= 15 is 0 Å². The quantitative estimate of drug-likeness (QED) is 0.557. The largest absolute Gasteiger partial charge is 0.483 e. The molecule has 1 aliphatic heterocycles. The molecule has 2 amide bonds. The van der Waals surface area contributed by atoms with Crippen LogP contribution in [0.3, 0.4) is 0 Å². The molecule has 4 rings (SSSR count). The number of anilines is 2. The smallest absolute Gasteiger partial charge is 0.420 e. The molecule has 162 valence electrons. The van der Waals surface area contributed by atoms with E-state index < -0.39 is 29.2 Å². The Morgan fingerprint density at radius 1 is 1.26 bits per heavy atom. The molecule has 1 aliphatic rings. The molecule has 0 fully saturated rings. The SMILES string of the molecule is CC1(C)CN(C(=O)Nc2cnc(-n3nccn3)c(C(F)(F)F)c2)c2cccc(Br)c2O1. The average molecular weight is 497 g/mol. The van der Waals surface area contributed by atoms with E-state index in [4.69, 9.17) is 4.74 Å². The zero-order valence-corrected chi connectivity index (χ0v) is 17.9. The van der Waals surface area contributed by atoms with Crippen LogP contribution in [0.4, 0.5) is 29.3 Å². The predicted octanol–water partition coefficient (Wildman–Crippen LogP) is 4.65. The summed E-state index contributed by atoms with van der Waals surface area (Å²) in [6, 6.07) is 5.39. The van der Waals surface area contributed by atoms with Crippen molar-refractivity contribution in [1.29, 1.82) is 0 Å². The molecule has 0 unspecified atom stereocenters. The van der Waals surface area contributed by atoms with Gasteiger partial charge in [-0.25, -0.2) is 9.78 Å². The Morgan fingerprint density at radius 2 is 1.97 bits per heavy atom. The lowest BCUT2D eigenvalue weighted by Crippen LogP contribution is -2.50. The number of pyridine rings is 1. The summed E-state index contributed by atoms with van der Waals surface area (Å²) in [6.07, 6.45) is -1.12. The second-order valence-corrected chi connectivity index (χ2v) is 8.23. The number of nitrogens with zero attached hydrogens (tertiary/aromatic N) is 5. The zero-order chi connectivity index (χ0) is 22.4. The van der Waals surface area contributed by atoms with Gasteiger partial charge in [-0.1, -0.05) is 6.07 Å². The predicted molar refractivity (Wildman–Crippen MR) is 109 cm³/mol. The Labute approximate surface area is 183 Å². The minimum atomic E-state index is -4.73. The van der Waals surface area contributed by atoms with Crippen molar-refractivity contribution in [3.63, 3.8) is 0 Å². The summed E-state index contributed by atoms with van der Waals surface area (Å²) < 4.78 is 47.4. The van der Waals surface area contributed by atoms with Crippen LogP contribution in [-0.2, 0) is 6.18 Å². The third kappa shape index (κ3) is 4.20. The van der Waals surface area contributed by atoms with Gasteiger partial charge in [-0.2, -0.15) is 23.4 Å². The summed E-state index contributed by atoms with van der Waals surface area (Å²) >= 11 is 3.40. The molecule has 1 aromatic carbocycles. The summed E-state index contributed by atoms with van der Waals surface area (Å²) in [5.41, 5.74) is -1.41. The molecule has 8 nitrogen and oxygen atoms in total. The van der Waals surface area contributed by atoms with Gasteiger partial charge in [0.1, 0.15) is 11.2 Å². The van der Waals surface area contributed by atoms with Crippen LogP contribution in [0.2, 0.25) is 0 Å². The van der Waals surface area contributed by atoms with Crippen LogP contribution >= 0.6 is 15.9 Å². The lowest BCUT2D eigenvalue weighted by Gasteiger charge is -2.40. The van der Waals surface area contributed by atoms with E-state index in [2.05, 4.69) is 36.4 Å². The van der Waals surface area contributed by atoms with Gasteiger partial charge >= 0.3 is 12.2 Å². The number of hydrogen-bond acceptors (Lipinski definition) is 5. The average Bonchev–Trinajstić information content (AvgIpc) is 3.21. The lowest BCUT2D eigenvalue weighted by molar-refractivity contribution is -0.137. The molecule has 0 saturated heterocycles. The number of para-hydroxylation sites is 1. The van der Waals surface area contributed by atoms with Crippen LogP contribution in [0.5, 0.6) is 5.75 Å². The minimum absolute atomic E-state index is 0.117. The molecule has 0 radical (unpaired) electrons. The number of carbonyl (C=O) groups is 1. The number of alkyl halides is 3. The Balaban J connectivity index is 1.67. The van der Waals surface area contributed by atoms with Crippen molar-refractivity contribution in [1.82, 2.24) is 20.0 Å². The number of hydrogen-bond donors (Lipinski definition) is 1. The fourth-order valence-electron chi connectivity index (χ4n) is 3.18. The first-order valence-corrected chi connectivity index (χ1v) is 9.84. The van der Waals surface area contributed by atoms with Crippen molar-refractivity contribution in [3.05, 3.63) is 52.9 Å². The highest BCUT2D eigenvalue weighted by molar-refractivity contribution is 9.10. The first-order chi connectivity index (χ1) is 14.5. The van der Waals surface area contributed by atoms with E-state index in [1.165, 1.54) is 17.3 Å². The number of nitrogens with one attached hydrogen (secondary N) is 1. The highest BCUT2D eigenvalue weighted by atomic mass is 79.9. The number of halogens is 4. The Kier molecular flexibility index (Phi) is 5.12. The molecule has 31 heavy (non-hydrogen) atoms. The number of urea groups is 1. The molecule has 0 bridgehead atoms. The van der Waals surface area contributed by atoms with E-state index in [1.54, 1.807) is 18.2 Å².